The second-order valence-corrected chi connectivity index (χ2v) is 5.57. The Morgan fingerprint density at radius 3 is 2.94 bits per heavy atom. The first-order chi connectivity index (χ1) is 8.66. The Kier molecular flexibility index (Phi) is 2.87. The van der Waals surface area contributed by atoms with Gasteiger partial charge in [-0.3, -0.25) is 0 Å². The van der Waals surface area contributed by atoms with Gasteiger partial charge < -0.3 is 9.88 Å². The molecule has 0 saturated carbocycles. The zero-order valence-corrected chi connectivity index (χ0v) is 11.5. The Hall–Kier alpha value is -1.34. The minimum Gasteiger partial charge on any atom is -0.306 e. The Morgan fingerprint density at radius 1 is 1.39 bits per heavy atom. The first kappa shape index (κ1) is 11.7. The molecule has 3 rings (SSSR count). The highest BCUT2D eigenvalue weighted by Gasteiger charge is 2.24. The summed E-state index contributed by atoms with van der Waals surface area (Å²) >= 11 is 1.40. The largest absolute Gasteiger partial charge is 0.306 e. The lowest BCUT2D eigenvalue weighted by molar-refractivity contribution is 0.439. The third-order valence-electron chi connectivity index (χ3n) is 3.10. The Bertz CT molecular complexity index is 558. The first-order valence-electron chi connectivity index (χ1n) is 6.17. The average molecular weight is 264 g/mol. The lowest BCUT2D eigenvalue weighted by Crippen LogP contribution is -2.32. The predicted molar refractivity (Wildman–Crippen MR) is 69.4 cm³/mol. The van der Waals surface area contributed by atoms with Gasteiger partial charge in [-0.15, -0.1) is 10.2 Å². The van der Waals surface area contributed by atoms with Crippen LogP contribution in [0.3, 0.4) is 0 Å². The zero-order chi connectivity index (χ0) is 12.7. The van der Waals surface area contributed by atoms with Crippen molar-refractivity contribution in [1.29, 1.82) is 0 Å². The first-order valence-corrected chi connectivity index (χ1v) is 6.94. The molecule has 96 valence electrons. The molecule has 0 aromatic carbocycles. The van der Waals surface area contributed by atoms with E-state index in [1.165, 1.54) is 11.5 Å². The highest BCUT2D eigenvalue weighted by molar-refractivity contribution is 7.09. The van der Waals surface area contributed by atoms with E-state index in [9.17, 15) is 0 Å². The van der Waals surface area contributed by atoms with Crippen LogP contribution in [0.2, 0.25) is 0 Å². The van der Waals surface area contributed by atoms with Gasteiger partial charge in [0.25, 0.3) is 0 Å². The second-order valence-electron chi connectivity index (χ2n) is 4.82. The van der Waals surface area contributed by atoms with E-state index in [0.29, 0.717) is 5.92 Å². The molecule has 0 radical (unpaired) electrons. The fourth-order valence-electron chi connectivity index (χ4n) is 2.06. The smallest absolute Gasteiger partial charge is 0.194 e. The van der Waals surface area contributed by atoms with Crippen LogP contribution in [-0.4, -0.2) is 30.7 Å². The molecule has 7 heteroatoms. The zero-order valence-electron chi connectivity index (χ0n) is 10.7. The molecule has 0 bridgehead atoms. The van der Waals surface area contributed by atoms with Crippen molar-refractivity contribution in [2.24, 2.45) is 0 Å². The van der Waals surface area contributed by atoms with Crippen LogP contribution in [-0.2, 0) is 6.54 Å². The van der Waals surface area contributed by atoms with Crippen LogP contribution in [0.5, 0.6) is 0 Å². The lowest BCUT2D eigenvalue weighted by atomic mass is 10.2. The third kappa shape index (κ3) is 1.83. The SMILES string of the molecule is CC(C)c1nsc(-c2nnc3n2CCN[C@@H]3C)n1. The molecule has 0 saturated heterocycles. The van der Waals surface area contributed by atoms with Gasteiger partial charge >= 0.3 is 0 Å². The number of fused-ring (bicyclic) bond motifs is 1. The summed E-state index contributed by atoms with van der Waals surface area (Å²) in [7, 11) is 0. The fraction of sp³-hybridized carbons (Fsp3) is 0.636. The summed E-state index contributed by atoms with van der Waals surface area (Å²) in [6.07, 6.45) is 0. The molecule has 3 heterocycles. The molecule has 2 aromatic heterocycles. The van der Waals surface area contributed by atoms with Crippen molar-refractivity contribution >= 4 is 11.5 Å². The Balaban J connectivity index is 2.01. The molecular formula is C11H16N6S. The number of rotatable bonds is 2. The van der Waals surface area contributed by atoms with Crippen LogP contribution in [0, 0.1) is 0 Å². The molecule has 1 atom stereocenters. The van der Waals surface area contributed by atoms with Gasteiger partial charge in [-0.1, -0.05) is 13.8 Å². The molecular weight excluding hydrogens is 248 g/mol. The third-order valence-corrected chi connectivity index (χ3v) is 3.83. The lowest BCUT2D eigenvalue weighted by Gasteiger charge is -2.21. The summed E-state index contributed by atoms with van der Waals surface area (Å²) in [6.45, 7) is 8.12. The Morgan fingerprint density at radius 2 is 2.22 bits per heavy atom. The monoisotopic (exact) mass is 264 g/mol. The summed E-state index contributed by atoms with van der Waals surface area (Å²) < 4.78 is 6.52. The van der Waals surface area contributed by atoms with Crippen LogP contribution in [0.25, 0.3) is 10.8 Å². The van der Waals surface area contributed by atoms with Crippen molar-refractivity contribution in [2.75, 3.05) is 6.54 Å². The van der Waals surface area contributed by atoms with E-state index in [4.69, 9.17) is 0 Å². The molecule has 1 aliphatic heterocycles. The van der Waals surface area contributed by atoms with Gasteiger partial charge in [0.1, 0.15) is 11.6 Å². The molecule has 0 spiro atoms. The highest BCUT2D eigenvalue weighted by Crippen LogP contribution is 2.26. The molecule has 6 nitrogen and oxygen atoms in total. The van der Waals surface area contributed by atoms with E-state index in [1.807, 2.05) is 0 Å². The molecule has 0 fully saturated rings. The highest BCUT2D eigenvalue weighted by atomic mass is 32.1. The van der Waals surface area contributed by atoms with E-state index < -0.39 is 0 Å². The van der Waals surface area contributed by atoms with Crippen LogP contribution in [0.15, 0.2) is 0 Å². The summed E-state index contributed by atoms with van der Waals surface area (Å²) in [4.78, 5) is 4.55. The molecule has 2 aromatic rings. The van der Waals surface area contributed by atoms with Crippen molar-refractivity contribution in [3.63, 3.8) is 0 Å². The van der Waals surface area contributed by atoms with Gasteiger partial charge in [0, 0.05) is 19.0 Å². The molecule has 0 amide bonds. The maximum Gasteiger partial charge on any atom is 0.194 e. The minimum absolute atomic E-state index is 0.248. The second kappa shape index (κ2) is 4.40. The topological polar surface area (TPSA) is 68.5 Å². The number of hydrogen-bond acceptors (Lipinski definition) is 6. The predicted octanol–water partition coefficient (Wildman–Crippen LogP) is 1.58. The molecule has 0 unspecified atom stereocenters. The standard InChI is InChI=1S/C11H16N6S/c1-6(2)8-13-11(18-16-8)10-15-14-9-7(3)12-4-5-17(9)10/h6-7,12H,4-5H2,1-3H3/t7-/m1/s1. The number of nitrogens with one attached hydrogen (secondary N) is 1. The minimum atomic E-state index is 0.248. The van der Waals surface area contributed by atoms with Crippen LogP contribution in [0.4, 0.5) is 0 Å². The van der Waals surface area contributed by atoms with E-state index in [-0.39, 0.29) is 6.04 Å². The van der Waals surface area contributed by atoms with E-state index in [2.05, 4.69) is 50.2 Å². The van der Waals surface area contributed by atoms with Crippen LogP contribution < -0.4 is 5.32 Å². The van der Waals surface area contributed by atoms with E-state index in [1.54, 1.807) is 0 Å². The maximum atomic E-state index is 4.55. The van der Waals surface area contributed by atoms with Gasteiger partial charge in [-0.25, -0.2) is 4.98 Å². The summed E-state index contributed by atoms with van der Waals surface area (Å²) in [6, 6.07) is 0.248. The molecule has 1 N–H and O–H groups in total. The quantitative estimate of drug-likeness (QED) is 0.892. The average Bonchev–Trinajstić information content (AvgIpc) is 2.94. The van der Waals surface area contributed by atoms with Crippen molar-refractivity contribution in [3.05, 3.63) is 11.6 Å². The number of aromatic nitrogens is 5. The van der Waals surface area contributed by atoms with Gasteiger partial charge in [0.15, 0.2) is 10.8 Å². The van der Waals surface area contributed by atoms with Gasteiger partial charge in [0.2, 0.25) is 0 Å². The maximum absolute atomic E-state index is 4.55. The molecule has 0 aliphatic carbocycles. The van der Waals surface area contributed by atoms with Crippen molar-refractivity contribution < 1.29 is 0 Å². The van der Waals surface area contributed by atoms with Crippen LogP contribution in [0.1, 0.15) is 44.4 Å². The van der Waals surface area contributed by atoms with Gasteiger partial charge in [0.05, 0.1) is 6.04 Å². The number of nitrogens with zero attached hydrogens (tertiary/aromatic N) is 5. The van der Waals surface area contributed by atoms with E-state index >= 15 is 0 Å². The molecule has 18 heavy (non-hydrogen) atoms. The Labute approximate surface area is 110 Å². The van der Waals surface area contributed by atoms with Crippen molar-refractivity contribution in [1.82, 2.24) is 29.4 Å². The van der Waals surface area contributed by atoms with Crippen molar-refractivity contribution in [2.45, 2.75) is 39.3 Å². The fourth-order valence-corrected chi connectivity index (χ4v) is 2.86. The van der Waals surface area contributed by atoms with Gasteiger partial charge in [-0.2, -0.15) is 4.37 Å². The van der Waals surface area contributed by atoms with E-state index in [0.717, 1.165) is 35.6 Å². The van der Waals surface area contributed by atoms with Gasteiger partial charge in [-0.05, 0) is 18.5 Å². The number of hydrogen-bond donors (Lipinski definition) is 1. The summed E-state index contributed by atoms with van der Waals surface area (Å²) in [5.41, 5.74) is 0. The molecule has 1 aliphatic rings. The van der Waals surface area contributed by atoms with Crippen LogP contribution >= 0.6 is 11.5 Å². The summed E-state index contributed by atoms with van der Waals surface area (Å²) in [5.74, 6) is 3.06. The normalized spacial score (nSPS) is 19.2. The summed E-state index contributed by atoms with van der Waals surface area (Å²) in [5, 5.41) is 12.8. The van der Waals surface area contributed by atoms with Crippen molar-refractivity contribution in [3.8, 4) is 10.8 Å².